The Morgan fingerprint density at radius 2 is 2.05 bits per heavy atom. The maximum absolute atomic E-state index is 12.1. The van der Waals surface area contributed by atoms with Gasteiger partial charge in [0.25, 0.3) is 5.91 Å². The van der Waals surface area contributed by atoms with E-state index < -0.39 is 0 Å². The number of carbonyl (C=O) groups is 1. The van der Waals surface area contributed by atoms with Crippen LogP contribution in [0.25, 0.3) is 0 Å². The minimum atomic E-state index is -0.174. The van der Waals surface area contributed by atoms with E-state index in [0.29, 0.717) is 22.8 Å². The monoisotopic (exact) mass is 276 g/mol. The molecule has 0 unspecified atom stereocenters. The quantitative estimate of drug-likeness (QED) is 0.877. The lowest BCUT2D eigenvalue weighted by Gasteiger charge is -2.17. The first-order valence-electron chi connectivity index (χ1n) is 5.72. The van der Waals surface area contributed by atoms with E-state index in [1.807, 2.05) is 6.07 Å². The fourth-order valence-electron chi connectivity index (χ4n) is 1.69. The van der Waals surface area contributed by atoms with Crippen molar-refractivity contribution in [3.05, 3.63) is 58.9 Å². The molecule has 0 saturated carbocycles. The van der Waals surface area contributed by atoms with E-state index in [0.717, 1.165) is 0 Å². The SMILES string of the molecule is CN(Cc1ccccc1O)C(=O)c1ccc(Cl)nc1. The van der Waals surface area contributed by atoms with Crippen LogP contribution in [0.15, 0.2) is 42.6 Å². The number of phenolic OH excluding ortho intramolecular Hbond substituents is 1. The summed E-state index contributed by atoms with van der Waals surface area (Å²) in [5, 5.41) is 10.0. The molecule has 1 aromatic heterocycles. The van der Waals surface area contributed by atoms with Gasteiger partial charge >= 0.3 is 0 Å². The number of hydrogen-bond donors (Lipinski definition) is 1. The molecule has 2 aromatic rings. The molecular weight excluding hydrogens is 264 g/mol. The van der Waals surface area contributed by atoms with Gasteiger partial charge in [0, 0.05) is 25.4 Å². The van der Waals surface area contributed by atoms with E-state index >= 15 is 0 Å². The Hall–Kier alpha value is -2.07. The third-order valence-electron chi connectivity index (χ3n) is 2.72. The van der Waals surface area contributed by atoms with E-state index in [2.05, 4.69) is 4.98 Å². The standard InChI is InChI=1S/C14H13ClN2O2/c1-17(9-11-4-2-3-5-12(11)18)14(19)10-6-7-13(15)16-8-10/h2-8,18H,9H2,1H3. The number of para-hydroxylation sites is 1. The van der Waals surface area contributed by atoms with Crippen molar-refractivity contribution < 1.29 is 9.90 Å². The van der Waals surface area contributed by atoms with Crippen LogP contribution in [-0.4, -0.2) is 27.9 Å². The molecule has 1 heterocycles. The predicted octanol–water partition coefficient (Wildman–Crippen LogP) is 2.71. The minimum Gasteiger partial charge on any atom is -0.508 e. The highest BCUT2D eigenvalue weighted by molar-refractivity contribution is 6.29. The fraction of sp³-hybridized carbons (Fsp3) is 0.143. The molecule has 4 nitrogen and oxygen atoms in total. The summed E-state index contributed by atoms with van der Waals surface area (Å²) in [5.74, 6) is 0.00352. The first kappa shape index (κ1) is 13.4. The van der Waals surface area contributed by atoms with E-state index in [-0.39, 0.29) is 11.7 Å². The van der Waals surface area contributed by atoms with Crippen LogP contribution in [0.3, 0.4) is 0 Å². The average molecular weight is 277 g/mol. The number of halogens is 1. The van der Waals surface area contributed by atoms with Crippen molar-refractivity contribution in [3.63, 3.8) is 0 Å². The number of carbonyl (C=O) groups excluding carboxylic acids is 1. The van der Waals surface area contributed by atoms with Crippen LogP contribution >= 0.6 is 11.6 Å². The Morgan fingerprint density at radius 3 is 2.68 bits per heavy atom. The average Bonchev–Trinajstić information content (AvgIpc) is 2.41. The summed E-state index contributed by atoms with van der Waals surface area (Å²) in [7, 11) is 1.67. The summed E-state index contributed by atoms with van der Waals surface area (Å²) in [4.78, 5) is 17.5. The number of amides is 1. The lowest BCUT2D eigenvalue weighted by Crippen LogP contribution is -2.26. The third kappa shape index (κ3) is 3.23. The Balaban J connectivity index is 2.12. The van der Waals surface area contributed by atoms with E-state index in [1.165, 1.54) is 11.1 Å². The molecule has 2 rings (SSSR count). The summed E-state index contributed by atoms with van der Waals surface area (Å²) < 4.78 is 0. The zero-order valence-electron chi connectivity index (χ0n) is 10.4. The molecule has 0 aliphatic heterocycles. The van der Waals surface area contributed by atoms with Crippen LogP contribution in [0, 0.1) is 0 Å². The molecule has 98 valence electrons. The second-order valence-corrected chi connectivity index (χ2v) is 4.55. The molecule has 0 spiro atoms. The Morgan fingerprint density at radius 1 is 1.32 bits per heavy atom. The maximum atomic E-state index is 12.1. The highest BCUT2D eigenvalue weighted by atomic mass is 35.5. The second-order valence-electron chi connectivity index (χ2n) is 4.16. The van der Waals surface area contributed by atoms with Crippen LogP contribution in [-0.2, 0) is 6.54 Å². The molecule has 0 atom stereocenters. The van der Waals surface area contributed by atoms with Crippen molar-refractivity contribution in [1.82, 2.24) is 9.88 Å². The largest absolute Gasteiger partial charge is 0.508 e. The summed E-state index contributed by atoms with van der Waals surface area (Å²) in [5.41, 5.74) is 1.16. The van der Waals surface area contributed by atoms with Gasteiger partial charge in [-0.25, -0.2) is 4.98 Å². The van der Waals surface area contributed by atoms with Gasteiger partial charge in [-0.05, 0) is 18.2 Å². The van der Waals surface area contributed by atoms with Gasteiger partial charge in [-0.3, -0.25) is 4.79 Å². The van der Waals surface area contributed by atoms with E-state index in [9.17, 15) is 9.90 Å². The number of aromatic hydroxyl groups is 1. The van der Waals surface area contributed by atoms with Gasteiger partial charge < -0.3 is 10.0 Å². The molecule has 0 aliphatic rings. The van der Waals surface area contributed by atoms with Crippen molar-refractivity contribution in [2.75, 3.05) is 7.05 Å². The van der Waals surface area contributed by atoms with E-state index in [1.54, 1.807) is 37.4 Å². The molecule has 1 aromatic carbocycles. The molecule has 1 N–H and O–H groups in total. The van der Waals surface area contributed by atoms with Crippen LogP contribution in [0.1, 0.15) is 15.9 Å². The summed E-state index contributed by atoms with van der Waals surface area (Å²) >= 11 is 5.68. The smallest absolute Gasteiger partial charge is 0.255 e. The molecule has 0 fully saturated rings. The fourth-order valence-corrected chi connectivity index (χ4v) is 1.81. The van der Waals surface area contributed by atoms with Crippen molar-refractivity contribution in [2.24, 2.45) is 0 Å². The van der Waals surface area contributed by atoms with Crippen molar-refractivity contribution in [1.29, 1.82) is 0 Å². The van der Waals surface area contributed by atoms with Gasteiger partial charge in [0.2, 0.25) is 0 Å². The summed E-state index contributed by atoms with van der Waals surface area (Å²) in [6, 6.07) is 10.1. The predicted molar refractivity (Wildman–Crippen MR) is 73.2 cm³/mol. The molecule has 0 bridgehead atoms. The lowest BCUT2D eigenvalue weighted by atomic mass is 10.2. The zero-order valence-corrected chi connectivity index (χ0v) is 11.1. The Kier molecular flexibility index (Phi) is 4.02. The van der Waals surface area contributed by atoms with Crippen molar-refractivity contribution >= 4 is 17.5 Å². The number of hydrogen-bond acceptors (Lipinski definition) is 3. The van der Waals surface area contributed by atoms with Crippen molar-refractivity contribution in [3.8, 4) is 5.75 Å². The van der Waals surface area contributed by atoms with Crippen LogP contribution in [0.4, 0.5) is 0 Å². The second kappa shape index (κ2) is 5.71. The first-order chi connectivity index (χ1) is 9.08. The van der Waals surface area contributed by atoms with Gasteiger partial charge in [0.05, 0.1) is 5.56 Å². The molecule has 5 heteroatoms. The number of rotatable bonds is 3. The number of aromatic nitrogens is 1. The Labute approximate surface area is 116 Å². The molecule has 0 saturated heterocycles. The van der Waals surface area contributed by atoms with Gasteiger partial charge in [-0.2, -0.15) is 0 Å². The Bertz CT molecular complexity index is 584. The summed E-state index contributed by atoms with van der Waals surface area (Å²) in [6.07, 6.45) is 1.44. The van der Waals surface area contributed by atoms with Gasteiger partial charge in [0.1, 0.15) is 10.9 Å². The zero-order chi connectivity index (χ0) is 13.8. The molecule has 19 heavy (non-hydrogen) atoms. The highest BCUT2D eigenvalue weighted by Crippen LogP contribution is 2.18. The van der Waals surface area contributed by atoms with Gasteiger partial charge in [-0.15, -0.1) is 0 Å². The molecule has 0 aliphatic carbocycles. The van der Waals surface area contributed by atoms with Crippen LogP contribution in [0.2, 0.25) is 5.15 Å². The van der Waals surface area contributed by atoms with Crippen LogP contribution < -0.4 is 0 Å². The van der Waals surface area contributed by atoms with Crippen LogP contribution in [0.5, 0.6) is 5.75 Å². The first-order valence-corrected chi connectivity index (χ1v) is 6.09. The van der Waals surface area contributed by atoms with Crippen molar-refractivity contribution in [2.45, 2.75) is 6.54 Å². The number of benzene rings is 1. The molecule has 0 radical (unpaired) electrons. The highest BCUT2D eigenvalue weighted by Gasteiger charge is 2.13. The van der Waals surface area contributed by atoms with Gasteiger partial charge in [-0.1, -0.05) is 29.8 Å². The van der Waals surface area contributed by atoms with E-state index in [4.69, 9.17) is 11.6 Å². The lowest BCUT2D eigenvalue weighted by molar-refractivity contribution is 0.0784. The topological polar surface area (TPSA) is 53.4 Å². The molecule has 1 amide bonds. The number of nitrogens with zero attached hydrogens (tertiary/aromatic N) is 2. The van der Waals surface area contributed by atoms with Gasteiger partial charge in [0.15, 0.2) is 0 Å². The maximum Gasteiger partial charge on any atom is 0.255 e. The summed E-state index contributed by atoms with van der Waals surface area (Å²) in [6.45, 7) is 0.328. The number of phenols is 1. The minimum absolute atomic E-state index is 0.174. The normalized spacial score (nSPS) is 10.2. The third-order valence-corrected chi connectivity index (χ3v) is 2.94. The molecular formula is C14H13ClN2O2. The number of pyridine rings is 1.